The number of hydrogen-bond acceptors (Lipinski definition) is 3. The van der Waals surface area contributed by atoms with Crippen molar-refractivity contribution in [2.24, 2.45) is 0 Å². The average Bonchev–Trinajstić information content (AvgIpc) is 2.57. The summed E-state index contributed by atoms with van der Waals surface area (Å²) in [5.41, 5.74) is 0.912. The maximum Gasteiger partial charge on any atom is 0.323 e. The first-order valence-electron chi connectivity index (χ1n) is 5.02. The zero-order valence-corrected chi connectivity index (χ0v) is 9.61. The Morgan fingerprint density at radius 1 is 1.50 bits per heavy atom. The normalized spacial score (nSPS) is 10.2. The van der Waals surface area contributed by atoms with Crippen LogP contribution in [0.3, 0.4) is 0 Å². The Kier molecular flexibility index (Phi) is 3.71. The van der Waals surface area contributed by atoms with Crippen LogP contribution in [0.5, 0.6) is 0 Å². The number of furan rings is 1. The smallest absolute Gasteiger partial charge is 0.323 e. The van der Waals surface area contributed by atoms with E-state index >= 15 is 0 Å². The Bertz CT molecular complexity index is 408. The third-order valence-corrected chi connectivity index (χ3v) is 2.27. The molecule has 1 amide bonds. The lowest BCUT2D eigenvalue weighted by Crippen LogP contribution is -2.31. The largest absolute Gasteiger partial charge is 0.480 e. The fourth-order valence-corrected chi connectivity index (χ4v) is 1.44. The fraction of sp³-hybridized carbons (Fsp3) is 0.455. The third kappa shape index (κ3) is 2.62. The Balaban J connectivity index is 2.83. The van der Waals surface area contributed by atoms with Gasteiger partial charge < -0.3 is 14.4 Å². The monoisotopic (exact) mass is 225 g/mol. The second-order valence-corrected chi connectivity index (χ2v) is 3.63. The fourth-order valence-electron chi connectivity index (χ4n) is 1.44. The van der Waals surface area contributed by atoms with Crippen LogP contribution in [0.4, 0.5) is 0 Å². The van der Waals surface area contributed by atoms with Crippen molar-refractivity contribution in [2.75, 3.05) is 13.6 Å². The lowest BCUT2D eigenvalue weighted by atomic mass is 10.2. The molecule has 0 fully saturated rings. The molecule has 1 aromatic rings. The molecule has 0 aliphatic carbocycles. The van der Waals surface area contributed by atoms with Gasteiger partial charge in [0.25, 0.3) is 5.91 Å². The van der Waals surface area contributed by atoms with Gasteiger partial charge in [-0.3, -0.25) is 9.59 Å². The molecule has 5 nitrogen and oxygen atoms in total. The van der Waals surface area contributed by atoms with Gasteiger partial charge >= 0.3 is 5.97 Å². The van der Waals surface area contributed by atoms with E-state index in [9.17, 15) is 9.59 Å². The lowest BCUT2D eigenvalue weighted by Gasteiger charge is -2.12. The highest BCUT2D eigenvalue weighted by Gasteiger charge is 2.19. The van der Waals surface area contributed by atoms with Crippen LogP contribution in [0.1, 0.15) is 28.8 Å². The minimum absolute atomic E-state index is 0.193. The van der Waals surface area contributed by atoms with Crippen LogP contribution in [-0.4, -0.2) is 35.5 Å². The molecule has 0 saturated carbocycles. The molecule has 5 heteroatoms. The average molecular weight is 225 g/mol. The van der Waals surface area contributed by atoms with Crippen molar-refractivity contribution in [3.8, 4) is 0 Å². The Morgan fingerprint density at radius 2 is 2.12 bits per heavy atom. The van der Waals surface area contributed by atoms with E-state index in [0.717, 1.165) is 16.2 Å². The Morgan fingerprint density at radius 3 is 2.56 bits per heavy atom. The van der Waals surface area contributed by atoms with Gasteiger partial charge in [0, 0.05) is 13.5 Å². The lowest BCUT2D eigenvalue weighted by molar-refractivity contribution is -0.137. The van der Waals surface area contributed by atoms with E-state index in [-0.39, 0.29) is 12.3 Å². The van der Waals surface area contributed by atoms with Crippen LogP contribution in [0.25, 0.3) is 0 Å². The van der Waals surface area contributed by atoms with E-state index < -0.39 is 11.9 Å². The molecule has 16 heavy (non-hydrogen) atoms. The number of rotatable bonds is 4. The molecule has 0 bridgehead atoms. The highest BCUT2D eigenvalue weighted by atomic mass is 16.4. The summed E-state index contributed by atoms with van der Waals surface area (Å²) in [7, 11) is 1.43. The zero-order valence-electron chi connectivity index (χ0n) is 9.61. The van der Waals surface area contributed by atoms with Crippen molar-refractivity contribution < 1.29 is 19.1 Å². The summed E-state index contributed by atoms with van der Waals surface area (Å²) in [6, 6.07) is 1.64. The molecular weight excluding hydrogens is 210 g/mol. The van der Waals surface area contributed by atoms with Gasteiger partial charge in [0.05, 0.1) is 0 Å². The number of carboxylic acid groups (broad SMARTS) is 1. The van der Waals surface area contributed by atoms with Crippen LogP contribution in [0.2, 0.25) is 0 Å². The van der Waals surface area contributed by atoms with Gasteiger partial charge in [0.1, 0.15) is 12.3 Å². The van der Waals surface area contributed by atoms with E-state index in [2.05, 4.69) is 0 Å². The number of carbonyl (C=O) groups is 2. The summed E-state index contributed by atoms with van der Waals surface area (Å²) in [4.78, 5) is 23.3. The van der Waals surface area contributed by atoms with Crippen molar-refractivity contribution in [1.82, 2.24) is 4.90 Å². The molecule has 0 aliphatic heterocycles. The minimum atomic E-state index is -1.05. The molecule has 88 valence electrons. The van der Waals surface area contributed by atoms with Gasteiger partial charge in [-0.05, 0) is 18.6 Å². The molecule has 0 atom stereocenters. The second-order valence-electron chi connectivity index (χ2n) is 3.63. The van der Waals surface area contributed by atoms with Crippen LogP contribution in [-0.2, 0) is 11.2 Å². The van der Waals surface area contributed by atoms with Gasteiger partial charge in [0.2, 0.25) is 0 Å². The summed E-state index contributed by atoms with van der Waals surface area (Å²) in [5.74, 6) is -0.509. The first-order valence-corrected chi connectivity index (χ1v) is 5.02. The predicted molar refractivity (Wildman–Crippen MR) is 57.4 cm³/mol. The number of nitrogens with zero attached hydrogens (tertiary/aromatic N) is 1. The number of aryl methyl sites for hydroxylation is 2. The van der Waals surface area contributed by atoms with Crippen molar-refractivity contribution in [2.45, 2.75) is 20.3 Å². The van der Waals surface area contributed by atoms with E-state index in [1.54, 1.807) is 6.07 Å². The van der Waals surface area contributed by atoms with Crippen molar-refractivity contribution >= 4 is 11.9 Å². The first-order chi connectivity index (χ1) is 7.45. The molecule has 0 radical (unpaired) electrons. The summed E-state index contributed by atoms with van der Waals surface area (Å²) in [5, 5.41) is 8.56. The quantitative estimate of drug-likeness (QED) is 0.838. The van der Waals surface area contributed by atoms with E-state index in [4.69, 9.17) is 9.52 Å². The van der Waals surface area contributed by atoms with Gasteiger partial charge in [-0.2, -0.15) is 0 Å². The van der Waals surface area contributed by atoms with Gasteiger partial charge in [-0.25, -0.2) is 0 Å². The highest BCUT2D eigenvalue weighted by molar-refractivity contribution is 5.93. The van der Waals surface area contributed by atoms with Gasteiger partial charge in [-0.1, -0.05) is 6.92 Å². The molecule has 1 N–H and O–H groups in total. The zero-order chi connectivity index (χ0) is 12.3. The highest BCUT2D eigenvalue weighted by Crippen LogP contribution is 2.16. The topological polar surface area (TPSA) is 70.8 Å². The molecular formula is C11H15NO4. The number of carbonyl (C=O) groups excluding carboxylic acids is 1. The molecule has 1 aromatic heterocycles. The van der Waals surface area contributed by atoms with Crippen LogP contribution >= 0.6 is 0 Å². The predicted octanol–water partition coefficient (Wildman–Crippen LogP) is 1.31. The molecule has 0 aliphatic rings. The number of amides is 1. The summed E-state index contributed by atoms with van der Waals surface area (Å²) >= 11 is 0. The molecule has 0 aromatic carbocycles. The Hall–Kier alpha value is -1.78. The molecule has 0 unspecified atom stereocenters. The van der Waals surface area contributed by atoms with Gasteiger partial charge in [0.15, 0.2) is 5.76 Å². The maximum atomic E-state index is 11.7. The maximum absolute atomic E-state index is 11.7. The number of carboxylic acids is 1. The molecule has 1 heterocycles. The SMILES string of the molecule is CCc1oc(C(=O)N(C)CC(=O)O)cc1C. The molecule has 1 rings (SSSR count). The summed E-state index contributed by atoms with van der Waals surface area (Å²) in [6.07, 6.45) is 0.710. The van der Waals surface area contributed by atoms with Crippen molar-refractivity contribution in [3.63, 3.8) is 0 Å². The number of hydrogen-bond donors (Lipinski definition) is 1. The third-order valence-electron chi connectivity index (χ3n) is 2.27. The number of likely N-dealkylation sites (N-methyl/N-ethyl adjacent to an activating group) is 1. The standard InChI is InChI=1S/C11H15NO4/c1-4-8-7(2)5-9(16-8)11(15)12(3)6-10(13)14/h5H,4,6H2,1-3H3,(H,13,14). The molecule has 0 saturated heterocycles. The van der Waals surface area contributed by atoms with Crippen LogP contribution in [0.15, 0.2) is 10.5 Å². The van der Waals surface area contributed by atoms with Crippen molar-refractivity contribution in [1.29, 1.82) is 0 Å². The van der Waals surface area contributed by atoms with Crippen LogP contribution < -0.4 is 0 Å². The van der Waals surface area contributed by atoms with E-state index in [0.29, 0.717) is 6.42 Å². The van der Waals surface area contributed by atoms with Gasteiger partial charge in [-0.15, -0.1) is 0 Å². The molecule has 0 spiro atoms. The van der Waals surface area contributed by atoms with E-state index in [1.807, 2.05) is 13.8 Å². The first kappa shape index (κ1) is 12.3. The van der Waals surface area contributed by atoms with Crippen LogP contribution in [0, 0.1) is 6.92 Å². The summed E-state index contributed by atoms with van der Waals surface area (Å²) in [6.45, 7) is 3.46. The number of aliphatic carboxylic acids is 1. The second kappa shape index (κ2) is 4.83. The summed E-state index contributed by atoms with van der Waals surface area (Å²) < 4.78 is 5.34. The minimum Gasteiger partial charge on any atom is -0.480 e. The Labute approximate surface area is 93.7 Å². The van der Waals surface area contributed by atoms with Crippen molar-refractivity contribution in [3.05, 3.63) is 23.2 Å². The van der Waals surface area contributed by atoms with E-state index in [1.165, 1.54) is 7.05 Å².